The fraction of sp³-hybridized carbons (Fsp3) is 0.350. The van der Waals surface area contributed by atoms with Crippen LogP contribution in [0.5, 0.6) is 0 Å². The van der Waals surface area contributed by atoms with E-state index in [1.807, 2.05) is 51.1 Å². The van der Waals surface area contributed by atoms with E-state index in [-0.39, 0.29) is 5.91 Å². The Morgan fingerprint density at radius 2 is 1.81 bits per heavy atom. The van der Waals surface area contributed by atoms with Gasteiger partial charge in [0, 0.05) is 5.69 Å². The maximum atomic E-state index is 12.9. The van der Waals surface area contributed by atoms with Gasteiger partial charge in [0.15, 0.2) is 0 Å². The van der Waals surface area contributed by atoms with Crippen LogP contribution in [-0.4, -0.2) is 26.6 Å². The molecule has 2 aromatic carbocycles. The van der Waals surface area contributed by atoms with Crippen LogP contribution in [0.1, 0.15) is 31.4 Å². The molecular formula is C20H26N2O3S. The molecule has 0 aromatic heterocycles. The van der Waals surface area contributed by atoms with Gasteiger partial charge in [-0.05, 0) is 49.1 Å². The molecule has 0 aliphatic carbocycles. The highest BCUT2D eigenvalue weighted by Crippen LogP contribution is 2.25. The Morgan fingerprint density at radius 1 is 1.12 bits per heavy atom. The zero-order chi connectivity index (χ0) is 19.3. The summed E-state index contributed by atoms with van der Waals surface area (Å²) in [6.07, 6.45) is 2.27. The van der Waals surface area contributed by atoms with Crippen LogP contribution in [0.2, 0.25) is 0 Å². The van der Waals surface area contributed by atoms with Crippen molar-refractivity contribution in [2.24, 2.45) is 0 Å². The molecule has 0 unspecified atom stereocenters. The smallest absolute Gasteiger partial charge is 0.248 e. The summed E-state index contributed by atoms with van der Waals surface area (Å²) in [6.45, 7) is 5.71. The molecule has 140 valence electrons. The number of amides is 1. The van der Waals surface area contributed by atoms with Gasteiger partial charge in [0.25, 0.3) is 0 Å². The Kier molecular flexibility index (Phi) is 6.42. The number of nitrogens with zero attached hydrogens (tertiary/aromatic N) is 1. The van der Waals surface area contributed by atoms with Crippen molar-refractivity contribution < 1.29 is 13.2 Å². The highest BCUT2D eigenvalue weighted by Gasteiger charge is 2.31. The third-order valence-electron chi connectivity index (χ3n) is 4.24. The minimum atomic E-state index is -3.63. The quantitative estimate of drug-likeness (QED) is 0.803. The van der Waals surface area contributed by atoms with Crippen molar-refractivity contribution in [3.8, 4) is 0 Å². The topological polar surface area (TPSA) is 66.5 Å². The number of anilines is 2. The number of nitrogens with one attached hydrogen (secondary N) is 1. The van der Waals surface area contributed by atoms with Crippen LogP contribution in [0, 0.1) is 6.92 Å². The molecule has 2 rings (SSSR count). The van der Waals surface area contributed by atoms with E-state index >= 15 is 0 Å². The van der Waals surface area contributed by atoms with Gasteiger partial charge in [-0.1, -0.05) is 44.2 Å². The lowest BCUT2D eigenvalue weighted by Gasteiger charge is -2.30. The predicted octanol–water partition coefficient (Wildman–Crippen LogP) is 3.74. The number of carbonyl (C=O) groups excluding carboxylic acids is 1. The molecular weight excluding hydrogens is 348 g/mol. The largest absolute Gasteiger partial charge is 0.324 e. The van der Waals surface area contributed by atoms with Gasteiger partial charge in [-0.3, -0.25) is 9.10 Å². The molecule has 1 amide bonds. The fourth-order valence-electron chi connectivity index (χ4n) is 2.99. The Hall–Kier alpha value is -2.34. The van der Waals surface area contributed by atoms with Gasteiger partial charge < -0.3 is 5.32 Å². The molecule has 0 fully saturated rings. The number of benzene rings is 2. The molecule has 0 spiro atoms. The van der Waals surface area contributed by atoms with Crippen molar-refractivity contribution >= 4 is 27.3 Å². The van der Waals surface area contributed by atoms with E-state index in [0.717, 1.165) is 29.5 Å². The monoisotopic (exact) mass is 374 g/mol. The molecule has 0 saturated heterocycles. The summed E-state index contributed by atoms with van der Waals surface area (Å²) in [7, 11) is -3.63. The van der Waals surface area contributed by atoms with Crippen LogP contribution in [0.25, 0.3) is 0 Å². The molecule has 1 atom stereocenters. The zero-order valence-electron chi connectivity index (χ0n) is 15.7. The van der Waals surface area contributed by atoms with Crippen LogP contribution >= 0.6 is 0 Å². The van der Waals surface area contributed by atoms with Crippen LogP contribution in [0.4, 0.5) is 11.4 Å². The van der Waals surface area contributed by atoms with Crippen molar-refractivity contribution in [1.82, 2.24) is 0 Å². The molecule has 0 bridgehead atoms. The molecule has 2 aromatic rings. The number of para-hydroxylation sites is 1. The van der Waals surface area contributed by atoms with Gasteiger partial charge in [0.1, 0.15) is 6.04 Å². The highest BCUT2D eigenvalue weighted by atomic mass is 32.2. The average Bonchev–Trinajstić information content (AvgIpc) is 2.58. The normalized spacial score (nSPS) is 12.5. The van der Waals surface area contributed by atoms with Crippen LogP contribution in [0.15, 0.2) is 48.5 Å². The highest BCUT2D eigenvalue weighted by molar-refractivity contribution is 7.92. The molecule has 0 saturated carbocycles. The van der Waals surface area contributed by atoms with Crippen molar-refractivity contribution in [3.63, 3.8) is 0 Å². The summed E-state index contributed by atoms with van der Waals surface area (Å²) >= 11 is 0. The predicted molar refractivity (Wildman–Crippen MR) is 107 cm³/mol. The fourth-order valence-corrected chi connectivity index (χ4v) is 4.20. The molecule has 26 heavy (non-hydrogen) atoms. The van der Waals surface area contributed by atoms with Crippen molar-refractivity contribution in [3.05, 3.63) is 59.7 Å². The maximum Gasteiger partial charge on any atom is 0.248 e. The lowest BCUT2D eigenvalue weighted by Crippen LogP contribution is -2.47. The van der Waals surface area contributed by atoms with E-state index in [9.17, 15) is 13.2 Å². The SMILES string of the molecule is CCc1ccccc1NC(=O)[C@@H](CC)N(c1cccc(C)c1)S(C)(=O)=O. The van der Waals surface area contributed by atoms with Gasteiger partial charge in [0.05, 0.1) is 11.9 Å². The van der Waals surface area contributed by atoms with Gasteiger partial charge >= 0.3 is 0 Å². The number of carbonyl (C=O) groups is 1. The third kappa shape index (κ3) is 4.64. The van der Waals surface area contributed by atoms with Crippen molar-refractivity contribution in [2.45, 2.75) is 39.7 Å². The molecule has 0 aliphatic heterocycles. The van der Waals surface area contributed by atoms with Crippen LogP contribution in [0.3, 0.4) is 0 Å². The van der Waals surface area contributed by atoms with E-state index < -0.39 is 16.1 Å². The van der Waals surface area contributed by atoms with Crippen LogP contribution in [-0.2, 0) is 21.2 Å². The lowest BCUT2D eigenvalue weighted by atomic mass is 10.1. The Bertz CT molecular complexity index is 878. The number of hydrogen-bond acceptors (Lipinski definition) is 3. The summed E-state index contributed by atoms with van der Waals surface area (Å²) in [6, 6.07) is 13.9. The first kappa shape index (κ1) is 20.0. The summed E-state index contributed by atoms with van der Waals surface area (Å²) in [5, 5.41) is 2.90. The number of rotatable bonds is 7. The summed E-state index contributed by atoms with van der Waals surface area (Å²) in [4.78, 5) is 12.9. The summed E-state index contributed by atoms with van der Waals surface area (Å²) < 4.78 is 26.2. The van der Waals surface area contributed by atoms with Gasteiger partial charge in [0.2, 0.25) is 15.9 Å². The number of hydrogen-bond donors (Lipinski definition) is 1. The third-order valence-corrected chi connectivity index (χ3v) is 5.42. The van der Waals surface area contributed by atoms with E-state index in [0.29, 0.717) is 12.1 Å². The first-order valence-corrected chi connectivity index (χ1v) is 10.6. The van der Waals surface area contributed by atoms with E-state index in [1.165, 1.54) is 4.31 Å². The summed E-state index contributed by atoms with van der Waals surface area (Å²) in [5.74, 6) is -0.333. The Balaban J connectivity index is 2.40. The number of aryl methyl sites for hydroxylation is 2. The lowest BCUT2D eigenvalue weighted by molar-refractivity contribution is -0.117. The summed E-state index contributed by atoms with van der Waals surface area (Å²) in [5.41, 5.74) is 3.16. The Labute approximate surface area is 156 Å². The second-order valence-corrected chi connectivity index (χ2v) is 8.18. The molecule has 1 N–H and O–H groups in total. The maximum absolute atomic E-state index is 12.9. The molecule has 0 radical (unpaired) electrons. The van der Waals surface area contributed by atoms with Gasteiger partial charge in [-0.2, -0.15) is 0 Å². The minimum absolute atomic E-state index is 0.333. The molecule has 6 heteroatoms. The van der Waals surface area contributed by atoms with E-state index in [4.69, 9.17) is 0 Å². The average molecular weight is 375 g/mol. The molecule has 0 heterocycles. The van der Waals surface area contributed by atoms with Gasteiger partial charge in [-0.25, -0.2) is 8.42 Å². The second-order valence-electron chi connectivity index (χ2n) is 6.32. The van der Waals surface area contributed by atoms with E-state index in [2.05, 4.69) is 5.32 Å². The Morgan fingerprint density at radius 3 is 2.38 bits per heavy atom. The van der Waals surface area contributed by atoms with Crippen molar-refractivity contribution in [2.75, 3.05) is 15.9 Å². The standard InChI is InChI=1S/C20H26N2O3S/c1-5-16-11-7-8-13-18(16)21-20(23)19(6-2)22(26(4,24)25)17-12-9-10-15(3)14-17/h7-14,19H,5-6H2,1-4H3,(H,21,23)/t19-/m1/s1. The molecule has 0 aliphatic rings. The van der Waals surface area contributed by atoms with Crippen LogP contribution < -0.4 is 9.62 Å². The second kappa shape index (κ2) is 8.36. The zero-order valence-corrected chi connectivity index (χ0v) is 16.5. The van der Waals surface area contributed by atoms with Gasteiger partial charge in [-0.15, -0.1) is 0 Å². The first-order valence-electron chi connectivity index (χ1n) is 8.72. The molecule has 5 nitrogen and oxygen atoms in total. The number of sulfonamides is 1. The minimum Gasteiger partial charge on any atom is -0.324 e. The van der Waals surface area contributed by atoms with E-state index in [1.54, 1.807) is 18.2 Å². The van der Waals surface area contributed by atoms with Crippen molar-refractivity contribution in [1.29, 1.82) is 0 Å². The first-order chi connectivity index (χ1) is 12.3.